The number of primary amides is 1. The maximum absolute atomic E-state index is 11.7. The first kappa shape index (κ1) is 14.1. The van der Waals surface area contributed by atoms with E-state index in [0.717, 1.165) is 23.0 Å². The van der Waals surface area contributed by atoms with E-state index in [0.29, 0.717) is 0 Å². The quantitative estimate of drug-likeness (QED) is 0.812. The number of hydrogen-bond acceptors (Lipinski definition) is 1. The molecule has 0 radical (unpaired) electrons. The van der Waals surface area contributed by atoms with Crippen LogP contribution in [0.3, 0.4) is 0 Å². The Kier molecular flexibility index (Phi) is 4.59. The van der Waals surface area contributed by atoms with Crippen molar-refractivity contribution in [3.63, 3.8) is 0 Å². The van der Waals surface area contributed by atoms with E-state index in [1.165, 1.54) is 32.4 Å². The molecule has 0 aromatic heterocycles. The number of nitrogens with zero attached hydrogens (tertiary/aromatic N) is 1. The summed E-state index contributed by atoms with van der Waals surface area (Å²) in [6.07, 6.45) is 4.83. The van der Waals surface area contributed by atoms with E-state index >= 15 is 0 Å². The molecular formula is C16H25N2O+. The Hall–Kier alpha value is -1.35. The molecule has 1 saturated heterocycles. The summed E-state index contributed by atoms with van der Waals surface area (Å²) in [7, 11) is 2.31. The van der Waals surface area contributed by atoms with Crippen LogP contribution in [0.1, 0.15) is 37.2 Å². The number of carbonyl (C=O) groups is 1. The predicted molar refractivity (Wildman–Crippen MR) is 77.6 cm³/mol. The third-order valence-electron chi connectivity index (χ3n) is 4.40. The third-order valence-corrected chi connectivity index (χ3v) is 4.40. The molecule has 0 unspecified atom stereocenters. The standard InChI is InChI=1S/C16H24N2O/c1-18(11-6-3-7-12-18)13-10-15(16(17)19)14-8-4-2-5-9-14/h2,4-5,8-9,15H,3,6-7,10-13H2,1H3,(H-,17,19)/p+1/t15-/m0/s1. The van der Waals surface area contributed by atoms with Gasteiger partial charge in [-0.05, 0) is 24.8 Å². The second-order valence-corrected chi connectivity index (χ2v) is 6.01. The van der Waals surface area contributed by atoms with Gasteiger partial charge >= 0.3 is 0 Å². The highest BCUT2D eigenvalue weighted by atomic mass is 16.1. The molecule has 19 heavy (non-hydrogen) atoms. The fraction of sp³-hybridized carbons (Fsp3) is 0.562. The average Bonchev–Trinajstić information content (AvgIpc) is 2.40. The Morgan fingerprint density at radius 3 is 2.42 bits per heavy atom. The molecule has 0 saturated carbocycles. The molecule has 0 bridgehead atoms. The van der Waals surface area contributed by atoms with Crippen LogP contribution in [0.15, 0.2) is 30.3 Å². The van der Waals surface area contributed by atoms with Crippen molar-refractivity contribution < 1.29 is 9.28 Å². The smallest absolute Gasteiger partial charge is 0.225 e. The number of likely N-dealkylation sites (tertiary alicyclic amines) is 1. The van der Waals surface area contributed by atoms with E-state index in [1.54, 1.807) is 0 Å². The molecule has 0 aliphatic carbocycles. The van der Waals surface area contributed by atoms with Crippen molar-refractivity contribution in [3.05, 3.63) is 35.9 Å². The minimum Gasteiger partial charge on any atom is -0.369 e. The molecule has 1 aromatic rings. The Bertz CT molecular complexity index is 410. The van der Waals surface area contributed by atoms with Crippen LogP contribution in [0.25, 0.3) is 0 Å². The maximum atomic E-state index is 11.7. The predicted octanol–water partition coefficient (Wildman–Crippen LogP) is 2.28. The van der Waals surface area contributed by atoms with Gasteiger partial charge in [0.1, 0.15) is 0 Å². The van der Waals surface area contributed by atoms with Gasteiger partial charge in [0.25, 0.3) is 0 Å². The number of amides is 1. The fourth-order valence-corrected chi connectivity index (χ4v) is 3.10. The van der Waals surface area contributed by atoms with Crippen LogP contribution in [-0.4, -0.2) is 37.1 Å². The molecule has 1 fully saturated rings. The SMILES string of the molecule is C[N+]1(CC[C@H](C(N)=O)c2ccccc2)CCCCC1. The summed E-state index contributed by atoms with van der Waals surface area (Å²) >= 11 is 0. The van der Waals surface area contributed by atoms with Gasteiger partial charge in [-0.1, -0.05) is 30.3 Å². The molecule has 1 aliphatic rings. The van der Waals surface area contributed by atoms with E-state index in [-0.39, 0.29) is 11.8 Å². The van der Waals surface area contributed by atoms with E-state index in [2.05, 4.69) is 7.05 Å². The van der Waals surface area contributed by atoms with Crippen molar-refractivity contribution in [2.45, 2.75) is 31.6 Å². The van der Waals surface area contributed by atoms with Crippen molar-refractivity contribution in [2.75, 3.05) is 26.7 Å². The summed E-state index contributed by atoms with van der Waals surface area (Å²) in [5.41, 5.74) is 6.64. The van der Waals surface area contributed by atoms with Gasteiger partial charge in [0.05, 0.1) is 32.6 Å². The lowest BCUT2D eigenvalue weighted by Crippen LogP contribution is -2.49. The number of rotatable bonds is 5. The second-order valence-electron chi connectivity index (χ2n) is 6.01. The minimum absolute atomic E-state index is 0.141. The molecule has 3 nitrogen and oxygen atoms in total. The first-order chi connectivity index (χ1) is 9.11. The van der Waals surface area contributed by atoms with Crippen LogP contribution in [0.4, 0.5) is 0 Å². The van der Waals surface area contributed by atoms with Gasteiger partial charge in [-0.15, -0.1) is 0 Å². The number of piperidine rings is 1. The van der Waals surface area contributed by atoms with Crippen LogP contribution in [-0.2, 0) is 4.79 Å². The largest absolute Gasteiger partial charge is 0.369 e. The van der Waals surface area contributed by atoms with E-state index < -0.39 is 0 Å². The Labute approximate surface area is 116 Å². The van der Waals surface area contributed by atoms with Crippen LogP contribution in [0, 0.1) is 0 Å². The summed E-state index contributed by atoms with van der Waals surface area (Å²) in [6, 6.07) is 9.93. The molecular weight excluding hydrogens is 236 g/mol. The van der Waals surface area contributed by atoms with Crippen molar-refractivity contribution in [1.29, 1.82) is 0 Å². The van der Waals surface area contributed by atoms with E-state index in [1.807, 2.05) is 30.3 Å². The highest BCUT2D eigenvalue weighted by molar-refractivity contribution is 5.81. The minimum atomic E-state index is -0.199. The second kappa shape index (κ2) is 6.20. The third kappa shape index (κ3) is 3.80. The molecule has 1 atom stereocenters. The van der Waals surface area contributed by atoms with E-state index in [9.17, 15) is 4.79 Å². The molecule has 1 aliphatic heterocycles. The molecule has 1 heterocycles. The van der Waals surface area contributed by atoms with Gasteiger partial charge < -0.3 is 10.2 Å². The van der Waals surface area contributed by atoms with Gasteiger partial charge in [-0.2, -0.15) is 0 Å². The van der Waals surface area contributed by atoms with Gasteiger partial charge in [0.15, 0.2) is 0 Å². The number of hydrogen-bond donors (Lipinski definition) is 1. The van der Waals surface area contributed by atoms with Gasteiger partial charge in [-0.25, -0.2) is 0 Å². The van der Waals surface area contributed by atoms with Crippen LogP contribution >= 0.6 is 0 Å². The highest BCUT2D eigenvalue weighted by Gasteiger charge is 2.27. The fourth-order valence-electron chi connectivity index (χ4n) is 3.10. The molecule has 2 rings (SSSR count). The molecule has 3 heteroatoms. The van der Waals surface area contributed by atoms with Crippen molar-refractivity contribution in [2.24, 2.45) is 5.73 Å². The lowest BCUT2D eigenvalue weighted by atomic mass is 9.94. The molecule has 0 spiro atoms. The first-order valence-electron chi connectivity index (χ1n) is 7.28. The molecule has 104 valence electrons. The molecule has 1 amide bonds. The number of carbonyl (C=O) groups excluding carboxylic acids is 1. The summed E-state index contributed by atoms with van der Waals surface area (Å²) < 4.78 is 1.09. The zero-order valence-electron chi connectivity index (χ0n) is 11.8. The Balaban J connectivity index is 2.00. The maximum Gasteiger partial charge on any atom is 0.225 e. The number of benzene rings is 1. The first-order valence-corrected chi connectivity index (χ1v) is 7.28. The lowest BCUT2D eigenvalue weighted by Gasteiger charge is -2.38. The van der Waals surface area contributed by atoms with Gasteiger partial charge in [0.2, 0.25) is 5.91 Å². The number of quaternary nitrogens is 1. The Morgan fingerprint density at radius 1 is 1.21 bits per heavy atom. The van der Waals surface area contributed by atoms with Crippen molar-refractivity contribution in [1.82, 2.24) is 0 Å². The highest BCUT2D eigenvalue weighted by Crippen LogP contribution is 2.23. The summed E-state index contributed by atoms with van der Waals surface area (Å²) in [6.45, 7) is 3.52. The van der Waals surface area contributed by atoms with Crippen LogP contribution in [0.2, 0.25) is 0 Å². The number of nitrogens with two attached hydrogens (primary N) is 1. The molecule has 1 aromatic carbocycles. The topological polar surface area (TPSA) is 43.1 Å². The van der Waals surface area contributed by atoms with Crippen LogP contribution in [0.5, 0.6) is 0 Å². The van der Waals surface area contributed by atoms with Crippen LogP contribution < -0.4 is 5.73 Å². The zero-order chi connectivity index (χ0) is 13.7. The lowest BCUT2D eigenvalue weighted by molar-refractivity contribution is -0.914. The summed E-state index contributed by atoms with van der Waals surface area (Å²) in [4.78, 5) is 11.7. The normalized spacial score (nSPS) is 19.8. The van der Waals surface area contributed by atoms with E-state index in [4.69, 9.17) is 5.73 Å². The van der Waals surface area contributed by atoms with Crippen molar-refractivity contribution in [3.8, 4) is 0 Å². The van der Waals surface area contributed by atoms with Gasteiger partial charge in [0, 0.05) is 6.42 Å². The summed E-state index contributed by atoms with van der Waals surface area (Å²) in [5, 5.41) is 0. The summed E-state index contributed by atoms with van der Waals surface area (Å²) in [5.74, 6) is -0.340. The molecule has 2 N–H and O–H groups in total. The monoisotopic (exact) mass is 261 g/mol. The Morgan fingerprint density at radius 2 is 1.84 bits per heavy atom. The average molecular weight is 261 g/mol. The van der Waals surface area contributed by atoms with Gasteiger partial charge in [-0.3, -0.25) is 4.79 Å². The zero-order valence-corrected chi connectivity index (χ0v) is 11.8. The van der Waals surface area contributed by atoms with Crippen molar-refractivity contribution >= 4 is 5.91 Å².